The Labute approximate surface area is 461 Å². The summed E-state index contributed by atoms with van der Waals surface area (Å²) in [6, 6.07) is 66.8. The van der Waals surface area contributed by atoms with E-state index in [0.717, 1.165) is 100 Å². The fourth-order valence-electron chi connectivity index (χ4n) is 8.67. The second kappa shape index (κ2) is 25.9. The quantitative estimate of drug-likeness (QED) is 0.0797. The second-order valence-electron chi connectivity index (χ2n) is 18.5. The SMILES string of the molecule is Cc1cccc(Nc2ccc(C(=C3C=CC(=[NH+]c4cccc(C)c4)C=C3)c3ccc(Cl)cc3)cc2)c1.Cc1cccc(Nc2ccc(C(=C3C=CC(=[NH+]c4cccc(C)c4)C=C3)c3ccc(Cl)cc3)cc2)c1.O=S(=O)([O-])[O-]. The highest BCUT2D eigenvalue weighted by Crippen LogP contribution is 2.34. The minimum Gasteiger partial charge on any atom is -0.759 e. The van der Waals surface area contributed by atoms with E-state index in [0.29, 0.717) is 0 Å². The topological polar surface area (TPSA) is 132 Å². The fourth-order valence-corrected chi connectivity index (χ4v) is 8.92. The Balaban J connectivity index is 0.000000187. The maximum atomic E-state index is 8.52. The Morgan fingerprint density at radius 1 is 0.377 bits per heavy atom. The molecule has 11 heteroatoms. The molecule has 0 saturated carbocycles. The number of hydrogen-bond acceptors (Lipinski definition) is 6. The van der Waals surface area contributed by atoms with Crippen molar-refractivity contribution in [1.29, 1.82) is 0 Å². The number of rotatable bonds is 10. The van der Waals surface area contributed by atoms with Crippen LogP contribution in [0.25, 0.3) is 11.1 Å². The normalized spacial score (nSPS) is 12.5. The number of anilines is 4. The van der Waals surface area contributed by atoms with E-state index in [1.165, 1.54) is 22.3 Å². The summed E-state index contributed by atoms with van der Waals surface area (Å²) in [6.07, 6.45) is 17.2. The molecule has 0 spiro atoms. The van der Waals surface area contributed by atoms with Crippen molar-refractivity contribution in [2.24, 2.45) is 0 Å². The van der Waals surface area contributed by atoms with Gasteiger partial charge in [0.25, 0.3) is 0 Å². The van der Waals surface area contributed by atoms with Crippen LogP contribution in [0.1, 0.15) is 44.5 Å². The summed E-state index contributed by atoms with van der Waals surface area (Å²) >= 11 is 12.4. The number of hydrogen-bond donors (Lipinski definition) is 4. The molecule has 0 aromatic heterocycles. The molecule has 8 aromatic rings. The highest BCUT2D eigenvalue weighted by Gasteiger charge is 2.16. The predicted molar refractivity (Wildman–Crippen MR) is 317 cm³/mol. The molecule has 2 aliphatic carbocycles. The van der Waals surface area contributed by atoms with Gasteiger partial charge in [-0.05, 0) is 192 Å². The Morgan fingerprint density at radius 2 is 0.662 bits per heavy atom. The number of nitrogens with one attached hydrogen (secondary N) is 4. The van der Waals surface area contributed by atoms with Crippen molar-refractivity contribution in [1.82, 2.24) is 0 Å². The van der Waals surface area contributed by atoms with Crippen molar-refractivity contribution < 1.29 is 27.5 Å². The van der Waals surface area contributed by atoms with E-state index in [2.05, 4.69) is 267 Å². The van der Waals surface area contributed by atoms with Gasteiger partial charge in [-0.25, -0.2) is 9.98 Å². The van der Waals surface area contributed by atoms with E-state index < -0.39 is 10.4 Å². The lowest BCUT2D eigenvalue weighted by molar-refractivity contribution is -0.352. The lowest BCUT2D eigenvalue weighted by Gasteiger charge is -2.15. The van der Waals surface area contributed by atoms with Crippen LogP contribution in [0.5, 0.6) is 0 Å². The van der Waals surface area contributed by atoms with Crippen LogP contribution in [0.2, 0.25) is 10.0 Å². The van der Waals surface area contributed by atoms with Crippen molar-refractivity contribution in [3.05, 3.63) is 308 Å². The zero-order valence-electron chi connectivity index (χ0n) is 42.9. The molecule has 384 valence electrons. The molecule has 0 amide bonds. The number of allylic oxidation sites excluding steroid dienone is 10. The molecule has 0 atom stereocenters. The van der Waals surface area contributed by atoms with Gasteiger partial charge in [0, 0.05) is 91.8 Å². The number of benzene rings is 8. The van der Waals surface area contributed by atoms with Gasteiger partial charge in [0.1, 0.15) is 0 Å². The van der Waals surface area contributed by atoms with E-state index in [4.69, 9.17) is 40.7 Å². The van der Waals surface area contributed by atoms with Crippen LogP contribution in [0.4, 0.5) is 34.1 Å². The van der Waals surface area contributed by atoms with Crippen LogP contribution < -0.4 is 20.6 Å². The molecule has 10 rings (SSSR count). The van der Waals surface area contributed by atoms with Gasteiger partial charge in [-0.1, -0.05) is 120 Å². The molecule has 8 nitrogen and oxygen atoms in total. The lowest BCUT2D eigenvalue weighted by Crippen LogP contribution is -2.65. The summed E-state index contributed by atoms with van der Waals surface area (Å²) in [6.45, 7) is 8.40. The first-order chi connectivity index (χ1) is 37.1. The van der Waals surface area contributed by atoms with Crippen molar-refractivity contribution in [3.8, 4) is 0 Å². The summed E-state index contributed by atoms with van der Waals surface area (Å²) in [5.74, 6) is 0. The maximum absolute atomic E-state index is 8.52. The average Bonchev–Trinajstić information content (AvgIpc) is 3.40. The third kappa shape index (κ3) is 16.8. The fraction of sp³-hybridized carbons (Fsp3) is 0.0606. The molecule has 77 heavy (non-hydrogen) atoms. The maximum Gasteiger partial charge on any atom is 0.204 e. The van der Waals surface area contributed by atoms with Crippen molar-refractivity contribution >= 4 is 90.3 Å². The van der Waals surface area contributed by atoms with Crippen LogP contribution >= 0.6 is 23.2 Å². The van der Waals surface area contributed by atoms with E-state index in [9.17, 15) is 0 Å². The molecular formula is C66H56Cl2N4O4S. The summed E-state index contributed by atoms with van der Waals surface area (Å²) in [7, 11) is -5.17. The second-order valence-corrected chi connectivity index (χ2v) is 20.1. The molecule has 0 radical (unpaired) electrons. The molecule has 0 heterocycles. The lowest BCUT2D eigenvalue weighted by atomic mass is 9.90. The molecule has 0 unspecified atom stereocenters. The van der Waals surface area contributed by atoms with Crippen LogP contribution in [0, 0.1) is 27.7 Å². The van der Waals surface area contributed by atoms with E-state index >= 15 is 0 Å². The minimum absolute atomic E-state index is 0.730. The Kier molecular flexibility index (Phi) is 18.4. The molecule has 0 saturated heterocycles. The molecule has 0 aliphatic heterocycles. The standard InChI is InChI=1S/2C33H27ClN2.H2O4S/c2*1-23-5-3-7-31(21-23)35-29-17-11-26(12-18-29)33(25-9-15-28(34)16-10-25)27-13-19-30(20-14-27)36-32-8-4-6-24(2)22-32;1-5(2,3)4/h2*3-22,35H,1-2H3;(H2,1,2,3,4). The highest BCUT2D eigenvalue weighted by molar-refractivity contribution is 7.79. The highest BCUT2D eigenvalue weighted by atomic mass is 35.5. The van der Waals surface area contributed by atoms with Gasteiger partial charge in [-0.15, -0.1) is 0 Å². The average molecular weight is 1070 g/mol. The molecule has 4 N–H and O–H groups in total. The van der Waals surface area contributed by atoms with Gasteiger partial charge in [0.15, 0.2) is 0 Å². The third-order valence-corrected chi connectivity index (χ3v) is 12.7. The summed E-state index contributed by atoms with van der Waals surface area (Å²) < 4.78 is 34.1. The molecule has 0 bridgehead atoms. The van der Waals surface area contributed by atoms with Crippen LogP contribution in [0.15, 0.2) is 254 Å². The van der Waals surface area contributed by atoms with Gasteiger partial charge in [-0.2, -0.15) is 0 Å². The van der Waals surface area contributed by atoms with Gasteiger partial charge in [-0.3, -0.25) is 8.42 Å². The van der Waals surface area contributed by atoms with E-state index in [1.807, 2.05) is 24.3 Å². The third-order valence-electron chi connectivity index (χ3n) is 12.2. The van der Waals surface area contributed by atoms with E-state index in [1.54, 1.807) is 0 Å². The van der Waals surface area contributed by atoms with Crippen molar-refractivity contribution in [2.45, 2.75) is 27.7 Å². The van der Waals surface area contributed by atoms with Crippen LogP contribution in [-0.4, -0.2) is 28.9 Å². The van der Waals surface area contributed by atoms with Crippen molar-refractivity contribution in [3.63, 3.8) is 0 Å². The van der Waals surface area contributed by atoms with Gasteiger partial charge in [0.05, 0.1) is 0 Å². The zero-order chi connectivity index (χ0) is 54.3. The van der Waals surface area contributed by atoms with Gasteiger partial charge in [0.2, 0.25) is 22.8 Å². The number of halogens is 2. The number of aryl methyl sites for hydroxylation is 4. The summed E-state index contributed by atoms with van der Waals surface area (Å²) in [5.41, 5.74) is 22.6. The minimum atomic E-state index is -5.17. The first kappa shape index (κ1) is 54.8. The first-order valence-electron chi connectivity index (χ1n) is 24.8. The van der Waals surface area contributed by atoms with Gasteiger partial charge >= 0.3 is 0 Å². The van der Waals surface area contributed by atoms with Gasteiger partial charge < -0.3 is 19.7 Å². The van der Waals surface area contributed by atoms with Crippen LogP contribution in [0.3, 0.4) is 0 Å². The molecule has 2 aliphatic rings. The van der Waals surface area contributed by atoms with E-state index in [-0.39, 0.29) is 0 Å². The smallest absolute Gasteiger partial charge is 0.204 e. The Hall–Kier alpha value is -8.41. The van der Waals surface area contributed by atoms with Crippen molar-refractivity contribution in [2.75, 3.05) is 10.6 Å². The molecule has 0 fully saturated rings. The molecular weight excluding hydrogens is 1020 g/mol. The first-order valence-corrected chi connectivity index (χ1v) is 26.8. The van der Waals surface area contributed by atoms with Crippen LogP contribution in [-0.2, 0) is 10.4 Å². The predicted octanol–water partition coefficient (Wildman–Crippen LogP) is 13.6. The monoisotopic (exact) mass is 1070 g/mol. The summed E-state index contributed by atoms with van der Waals surface area (Å²) in [5, 5.41) is 8.46. The summed E-state index contributed by atoms with van der Waals surface area (Å²) in [4.78, 5) is 6.99. The Bertz CT molecular complexity index is 3480. The Morgan fingerprint density at radius 3 is 0.961 bits per heavy atom. The molecule has 8 aromatic carbocycles. The largest absolute Gasteiger partial charge is 0.759 e. The zero-order valence-corrected chi connectivity index (χ0v) is 45.2.